The van der Waals surface area contributed by atoms with Crippen molar-refractivity contribution < 1.29 is 33.4 Å². The highest BCUT2D eigenvalue weighted by Crippen LogP contribution is 2.31. The number of nitrogens with two attached hydrogens (primary N) is 3. The Morgan fingerprint density at radius 3 is 1.33 bits per heavy atom. The van der Waals surface area contributed by atoms with Gasteiger partial charge in [0.1, 0.15) is 15.8 Å². The number of amides is 5. The summed E-state index contributed by atoms with van der Waals surface area (Å²) in [6.45, 7) is 19.1. The van der Waals surface area contributed by atoms with Crippen LogP contribution < -0.4 is 38.5 Å². The van der Waals surface area contributed by atoms with Crippen molar-refractivity contribution in [3.05, 3.63) is 92.9 Å². The molecule has 90 heavy (non-hydrogen) atoms. The van der Waals surface area contributed by atoms with Gasteiger partial charge in [0.25, 0.3) is 0 Å². The van der Waals surface area contributed by atoms with E-state index in [1.165, 1.54) is 11.1 Å². The lowest BCUT2D eigenvalue weighted by atomic mass is 10.1. The van der Waals surface area contributed by atoms with Gasteiger partial charge >= 0.3 is 12.2 Å². The van der Waals surface area contributed by atoms with Crippen LogP contribution in [0, 0.1) is 13.8 Å². The van der Waals surface area contributed by atoms with Gasteiger partial charge in [-0.05, 0) is 150 Å². The topological polar surface area (TPSA) is 327 Å². The molecule has 3 aliphatic rings. The Morgan fingerprint density at radius 2 is 0.967 bits per heavy atom. The molecule has 3 atom stereocenters. The maximum Gasteiger partial charge on any atom is 0.410 e. The number of carbonyl (C=O) groups is 5. The summed E-state index contributed by atoms with van der Waals surface area (Å²) in [6, 6.07) is 4.17. The Hall–Kier alpha value is -7.95. The number of anilines is 3. The van der Waals surface area contributed by atoms with E-state index >= 15 is 0 Å². The van der Waals surface area contributed by atoms with Crippen LogP contribution in [-0.4, -0.2) is 151 Å². The fourth-order valence-corrected chi connectivity index (χ4v) is 12.5. The van der Waals surface area contributed by atoms with Crippen LogP contribution in [0.1, 0.15) is 131 Å². The van der Waals surface area contributed by atoms with Gasteiger partial charge in [-0.3, -0.25) is 27.6 Å². The van der Waals surface area contributed by atoms with Crippen LogP contribution in [0.5, 0.6) is 0 Å². The van der Waals surface area contributed by atoms with E-state index in [2.05, 4.69) is 96.9 Å². The molecule has 11 rings (SSSR count). The lowest BCUT2D eigenvalue weighted by molar-refractivity contribution is -0.122. The van der Waals surface area contributed by atoms with Crippen LogP contribution in [-0.2, 0) is 43.1 Å². The second kappa shape index (κ2) is 30.7. The van der Waals surface area contributed by atoms with Crippen molar-refractivity contribution in [1.82, 2.24) is 74.2 Å². The fraction of sp³-hybridized carbons (Fsp3) is 0.500. The SMILES string of the molecule is C.C.C.CC(C)(C)OC(=O)N1CCC[C@H](NC(=O)Cc2cn3c(Br)cnc(N)c3n2)C1.Cc1csc(-c2cnc(N)c3nc(CC(=O)N[C@H]4CCCN(C(=O)OC(C)(C)C)C4)cn23)c1.Cc1csc(-c2cnc(N)c3nc(CC(=O)N[C@H]4CCCNC4)cn23)c1. The number of piperidine rings is 3. The van der Waals surface area contributed by atoms with Crippen LogP contribution in [0.4, 0.5) is 27.0 Å². The smallest absolute Gasteiger partial charge is 0.410 e. The molecule has 0 bridgehead atoms. The number of ether oxygens (including phenoxy) is 2. The first-order valence-electron chi connectivity index (χ1n) is 29.0. The second-order valence-corrected chi connectivity index (χ2v) is 26.7. The number of carbonyl (C=O) groups excluding carboxylic acids is 5. The van der Waals surface area contributed by atoms with Crippen molar-refractivity contribution in [2.45, 2.75) is 165 Å². The molecule has 3 aliphatic heterocycles. The van der Waals surface area contributed by atoms with Gasteiger partial charge in [0.2, 0.25) is 17.7 Å². The van der Waals surface area contributed by atoms with Gasteiger partial charge in [-0.25, -0.2) is 39.5 Å². The van der Waals surface area contributed by atoms with E-state index in [0.29, 0.717) is 82.3 Å². The third-order valence-electron chi connectivity index (χ3n) is 14.2. The molecule has 0 radical (unpaired) electrons. The first-order chi connectivity index (χ1) is 41.3. The number of nitrogen functional groups attached to an aromatic ring is 3. The van der Waals surface area contributed by atoms with Gasteiger partial charge in [0, 0.05) is 69.4 Å². The number of thiophene rings is 2. The monoisotopic (exact) mass is 1340 g/mol. The second-order valence-electron chi connectivity index (χ2n) is 24.1. The minimum atomic E-state index is -0.548. The molecule has 8 aromatic rings. The standard InChI is InChI=1S/C23H30N6O3S.C18H25BrN6O3.C18H22N6OS.3CH4/c1-14-8-18(33-13-14)17-10-25-20(24)21-27-16(12-29(17)21)9-19(30)26-15-6-5-7-28(11-15)22(31)32-23(2,3)4;1-18(2,3)28-17(27)24-6-4-5-11(9-24)22-14(26)7-12-10-25-13(19)8-21-15(20)16(25)23-12;1-11-5-15(26-10-11)14-8-21-17(19)18-23-13(9-24(14)18)6-16(25)22-12-3-2-4-20-7-12;;;/h8,10,12-13,15H,5-7,9,11H2,1-4H3,(H2,24,25)(H,26,30);8,10-11H,4-7,9H2,1-3H3,(H2,20,21)(H,22,26);5,8-10,12,20H,2-4,6-7H2,1H3,(H2,19,21)(H,22,25);3*1H4/t15-;11-;12-;;;/m000.../s1. The van der Waals surface area contributed by atoms with Gasteiger partial charge in [-0.2, -0.15) is 0 Å². The minimum Gasteiger partial charge on any atom is -0.444 e. The molecule has 0 saturated carbocycles. The fourth-order valence-electron chi connectivity index (χ4n) is 10.3. The van der Waals surface area contributed by atoms with Crippen molar-refractivity contribution in [2.24, 2.45) is 0 Å². The number of nitrogens with zero attached hydrogens (tertiary/aromatic N) is 11. The quantitative estimate of drug-likeness (QED) is 0.0634. The van der Waals surface area contributed by atoms with Gasteiger partial charge < -0.3 is 57.7 Å². The van der Waals surface area contributed by atoms with Crippen LogP contribution in [0.15, 0.2) is 64.7 Å². The lowest BCUT2D eigenvalue weighted by Gasteiger charge is -2.34. The zero-order valence-corrected chi connectivity index (χ0v) is 53.5. The third kappa shape index (κ3) is 18.8. The summed E-state index contributed by atoms with van der Waals surface area (Å²) in [6.07, 6.45) is 15.7. The largest absolute Gasteiger partial charge is 0.444 e. The molecule has 488 valence electrons. The Morgan fingerprint density at radius 1 is 0.589 bits per heavy atom. The van der Waals surface area contributed by atoms with E-state index < -0.39 is 11.2 Å². The zero-order valence-electron chi connectivity index (χ0n) is 50.3. The van der Waals surface area contributed by atoms with E-state index in [1.54, 1.807) is 61.7 Å². The predicted octanol–water partition coefficient (Wildman–Crippen LogP) is 9.21. The molecule has 0 aliphatic carbocycles. The summed E-state index contributed by atoms with van der Waals surface area (Å²) < 4.78 is 17.2. The summed E-state index contributed by atoms with van der Waals surface area (Å²) in [5, 5.41) is 16.6. The number of aryl methyl sites for hydroxylation is 2. The molecule has 11 heterocycles. The molecule has 0 spiro atoms. The van der Waals surface area contributed by atoms with Crippen molar-refractivity contribution in [1.29, 1.82) is 0 Å². The average molecular weight is 1340 g/mol. The number of hydrogen-bond donors (Lipinski definition) is 7. The molecule has 3 saturated heterocycles. The molecule has 8 aromatic heterocycles. The summed E-state index contributed by atoms with van der Waals surface area (Å²) >= 11 is 6.66. The van der Waals surface area contributed by atoms with Crippen molar-refractivity contribution in [2.75, 3.05) is 56.5 Å². The van der Waals surface area contributed by atoms with Crippen LogP contribution in [0.2, 0.25) is 0 Å². The Labute approximate surface area is 542 Å². The first kappa shape index (κ1) is 71.1. The first-order valence-corrected chi connectivity index (χ1v) is 31.5. The van der Waals surface area contributed by atoms with Gasteiger partial charge in [0.05, 0.1) is 76.1 Å². The van der Waals surface area contributed by atoms with E-state index in [9.17, 15) is 24.0 Å². The van der Waals surface area contributed by atoms with Crippen molar-refractivity contribution in [3.63, 3.8) is 0 Å². The zero-order chi connectivity index (χ0) is 62.3. The highest BCUT2D eigenvalue weighted by Gasteiger charge is 2.31. The van der Waals surface area contributed by atoms with E-state index in [0.717, 1.165) is 72.8 Å². The van der Waals surface area contributed by atoms with E-state index in [4.69, 9.17) is 26.7 Å². The normalized spacial score (nSPS) is 16.7. The van der Waals surface area contributed by atoms with E-state index in [1.807, 2.05) is 69.7 Å². The van der Waals surface area contributed by atoms with Gasteiger partial charge in [-0.1, -0.05) is 22.3 Å². The van der Waals surface area contributed by atoms with Gasteiger partial charge in [0.15, 0.2) is 34.4 Å². The molecule has 5 amide bonds. The van der Waals surface area contributed by atoms with Gasteiger partial charge in [-0.15, -0.1) is 22.7 Å². The number of aromatic nitrogens is 9. The van der Waals surface area contributed by atoms with Crippen LogP contribution in [0.3, 0.4) is 0 Å². The van der Waals surface area contributed by atoms with Crippen LogP contribution >= 0.6 is 38.6 Å². The number of likely N-dealkylation sites (tertiary alicyclic amines) is 2. The number of nitrogens with one attached hydrogen (secondary N) is 4. The number of rotatable bonds is 11. The van der Waals surface area contributed by atoms with Crippen LogP contribution in [0.25, 0.3) is 38.1 Å². The Kier molecular flexibility index (Phi) is 24.3. The lowest BCUT2D eigenvalue weighted by Crippen LogP contribution is -2.51. The molecule has 0 aromatic carbocycles. The number of halogens is 1. The molecular weight excluding hydrogens is 1250 g/mol. The summed E-state index contributed by atoms with van der Waals surface area (Å²) in [7, 11) is 0. The summed E-state index contributed by atoms with van der Waals surface area (Å²) in [5.41, 5.74) is 24.5. The van der Waals surface area contributed by atoms with Crippen molar-refractivity contribution in [3.8, 4) is 21.1 Å². The summed E-state index contributed by atoms with van der Waals surface area (Å²) in [5.74, 6) is 0.679. The minimum absolute atomic E-state index is 0. The molecule has 3 fully saturated rings. The third-order valence-corrected chi connectivity index (χ3v) is 16.9. The van der Waals surface area contributed by atoms with E-state index in [-0.39, 0.29) is 89.6 Å². The number of hydrogen-bond acceptors (Lipinski definition) is 19. The average Bonchev–Trinajstić information content (AvgIpc) is 1.81. The molecule has 0 unspecified atom stereocenters. The molecular formula is C62H89BrN18O7S2. The summed E-state index contributed by atoms with van der Waals surface area (Å²) in [4.78, 5) is 93.8. The maximum atomic E-state index is 12.8. The molecule has 25 nitrogen and oxygen atoms in total. The highest BCUT2D eigenvalue weighted by atomic mass is 79.9. The van der Waals surface area contributed by atoms with Crippen molar-refractivity contribution >= 4 is 103 Å². The molecule has 28 heteroatoms. The maximum absolute atomic E-state index is 12.8. The Balaban J connectivity index is 0.000000213. The Bertz CT molecular complexity index is 3740. The number of fused-ring (bicyclic) bond motifs is 3. The highest BCUT2D eigenvalue weighted by molar-refractivity contribution is 9.10. The molecule has 10 N–H and O–H groups in total. The predicted molar refractivity (Wildman–Crippen MR) is 359 cm³/mol. The number of imidazole rings is 3.